The van der Waals surface area contributed by atoms with E-state index in [1.54, 1.807) is 6.07 Å². The van der Waals surface area contributed by atoms with Crippen molar-refractivity contribution < 1.29 is 14.6 Å². The Morgan fingerprint density at radius 2 is 1.71 bits per heavy atom. The first-order valence-electron chi connectivity index (χ1n) is 7.03. The molecule has 0 fully saturated rings. The van der Waals surface area contributed by atoms with Crippen LogP contribution in [-0.4, -0.2) is 17.7 Å². The first-order valence-corrected chi connectivity index (χ1v) is 7.03. The highest BCUT2D eigenvalue weighted by molar-refractivity contribution is 5.91. The van der Waals surface area contributed by atoms with Crippen LogP contribution in [0.1, 0.15) is 32.6 Å². The summed E-state index contributed by atoms with van der Waals surface area (Å²) in [6.07, 6.45) is 0.641. The molecule has 0 aliphatic heterocycles. The molecule has 0 saturated carbocycles. The van der Waals surface area contributed by atoms with Crippen LogP contribution in [0.25, 0.3) is 0 Å². The Hall–Kier alpha value is -2.13. The second kappa shape index (κ2) is 7.04. The van der Waals surface area contributed by atoms with E-state index in [9.17, 15) is 4.79 Å². The van der Waals surface area contributed by atoms with Gasteiger partial charge in [-0.25, -0.2) is 4.79 Å². The largest absolute Gasteiger partial charge is 0.457 e. The van der Waals surface area contributed by atoms with Crippen LogP contribution in [0.4, 0.5) is 0 Å². The van der Waals surface area contributed by atoms with Crippen LogP contribution in [0, 0.1) is 13.8 Å². The average molecular weight is 284 g/mol. The van der Waals surface area contributed by atoms with E-state index in [1.807, 2.05) is 50.2 Å². The molecule has 3 heteroatoms. The highest BCUT2D eigenvalue weighted by Gasteiger charge is 2.10. The number of esters is 1. The number of hydrogen-bond acceptors (Lipinski definition) is 3. The quantitative estimate of drug-likeness (QED) is 0.858. The van der Waals surface area contributed by atoms with Gasteiger partial charge in [-0.3, -0.25) is 0 Å². The number of benzene rings is 2. The van der Waals surface area contributed by atoms with Gasteiger partial charge in [-0.05, 0) is 43.0 Å². The smallest absolute Gasteiger partial charge is 0.338 e. The molecule has 2 aromatic carbocycles. The standard InChI is InChI=1S/C18H20O3/c1-13-3-8-17(14(2)11-13)18(20)21-12-16-6-4-15(5-7-16)9-10-19/h3-8,11,19H,9-10,12H2,1-2H3. The summed E-state index contributed by atoms with van der Waals surface area (Å²) in [7, 11) is 0. The third kappa shape index (κ3) is 4.17. The number of aryl methyl sites for hydroxylation is 2. The van der Waals surface area contributed by atoms with E-state index in [0.29, 0.717) is 12.0 Å². The van der Waals surface area contributed by atoms with Gasteiger partial charge in [0.15, 0.2) is 0 Å². The van der Waals surface area contributed by atoms with Gasteiger partial charge in [0.05, 0.1) is 5.56 Å². The van der Waals surface area contributed by atoms with Crippen molar-refractivity contribution in [3.63, 3.8) is 0 Å². The lowest BCUT2D eigenvalue weighted by Crippen LogP contribution is -2.07. The molecule has 1 N–H and O–H groups in total. The first-order chi connectivity index (χ1) is 10.1. The van der Waals surface area contributed by atoms with Gasteiger partial charge < -0.3 is 9.84 Å². The molecule has 0 amide bonds. The van der Waals surface area contributed by atoms with E-state index in [-0.39, 0.29) is 19.2 Å². The summed E-state index contributed by atoms with van der Waals surface area (Å²) in [5.74, 6) is -0.299. The van der Waals surface area contributed by atoms with Crippen LogP contribution < -0.4 is 0 Å². The summed E-state index contributed by atoms with van der Waals surface area (Å²) in [4.78, 5) is 12.1. The second-order valence-electron chi connectivity index (χ2n) is 5.18. The fraction of sp³-hybridized carbons (Fsp3) is 0.278. The van der Waals surface area contributed by atoms with Crippen molar-refractivity contribution in [3.05, 3.63) is 70.3 Å². The van der Waals surface area contributed by atoms with Crippen LogP contribution in [0.3, 0.4) is 0 Å². The van der Waals surface area contributed by atoms with Crippen molar-refractivity contribution in [2.24, 2.45) is 0 Å². The molecular formula is C18H20O3. The van der Waals surface area contributed by atoms with Gasteiger partial charge in [0.2, 0.25) is 0 Å². The summed E-state index contributed by atoms with van der Waals surface area (Å²) in [6.45, 7) is 4.30. The zero-order valence-electron chi connectivity index (χ0n) is 12.4. The minimum absolute atomic E-state index is 0.140. The number of hydrogen-bond donors (Lipinski definition) is 1. The van der Waals surface area contributed by atoms with Crippen molar-refractivity contribution in [2.45, 2.75) is 26.9 Å². The Kier molecular flexibility index (Phi) is 5.12. The Balaban J connectivity index is 1.97. The fourth-order valence-corrected chi connectivity index (χ4v) is 2.20. The molecule has 0 radical (unpaired) electrons. The third-order valence-corrected chi connectivity index (χ3v) is 3.40. The minimum atomic E-state index is -0.299. The third-order valence-electron chi connectivity index (χ3n) is 3.40. The zero-order valence-corrected chi connectivity index (χ0v) is 12.4. The topological polar surface area (TPSA) is 46.5 Å². The van der Waals surface area contributed by atoms with Crippen molar-refractivity contribution >= 4 is 5.97 Å². The lowest BCUT2D eigenvalue weighted by Gasteiger charge is -2.08. The van der Waals surface area contributed by atoms with Gasteiger partial charge in [-0.2, -0.15) is 0 Å². The number of ether oxygens (including phenoxy) is 1. The summed E-state index contributed by atoms with van der Waals surface area (Å²) in [6, 6.07) is 13.4. The molecule has 0 unspecified atom stereocenters. The van der Waals surface area contributed by atoms with E-state index in [1.165, 1.54) is 0 Å². The van der Waals surface area contributed by atoms with Crippen molar-refractivity contribution in [1.29, 1.82) is 0 Å². The Bertz CT molecular complexity index is 615. The summed E-state index contributed by atoms with van der Waals surface area (Å²) in [5.41, 5.74) is 4.68. The molecule has 0 atom stereocenters. The number of aliphatic hydroxyl groups excluding tert-OH is 1. The predicted molar refractivity (Wildman–Crippen MR) is 82.3 cm³/mol. The van der Waals surface area contributed by atoms with Crippen LogP contribution >= 0.6 is 0 Å². The molecule has 2 rings (SSSR count). The number of aliphatic hydroxyl groups is 1. The van der Waals surface area contributed by atoms with Gasteiger partial charge in [0.1, 0.15) is 6.61 Å². The summed E-state index contributed by atoms with van der Waals surface area (Å²) >= 11 is 0. The molecular weight excluding hydrogens is 264 g/mol. The van der Waals surface area contributed by atoms with Gasteiger partial charge in [0, 0.05) is 6.61 Å². The van der Waals surface area contributed by atoms with Crippen LogP contribution in [0.5, 0.6) is 0 Å². The zero-order chi connectivity index (χ0) is 15.2. The average Bonchev–Trinajstić information content (AvgIpc) is 2.46. The van der Waals surface area contributed by atoms with E-state index in [4.69, 9.17) is 9.84 Å². The highest BCUT2D eigenvalue weighted by Crippen LogP contribution is 2.13. The molecule has 0 heterocycles. The molecule has 2 aromatic rings. The maximum absolute atomic E-state index is 12.1. The molecule has 3 nitrogen and oxygen atoms in total. The maximum atomic E-state index is 12.1. The normalized spacial score (nSPS) is 10.4. The number of carbonyl (C=O) groups excluding carboxylic acids is 1. The van der Waals surface area contributed by atoms with E-state index in [2.05, 4.69) is 0 Å². The molecule has 0 aliphatic rings. The molecule has 0 spiro atoms. The predicted octanol–water partition coefficient (Wildman–Crippen LogP) is 3.20. The Morgan fingerprint density at radius 3 is 2.33 bits per heavy atom. The van der Waals surface area contributed by atoms with E-state index < -0.39 is 0 Å². The van der Waals surface area contributed by atoms with Gasteiger partial charge >= 0.3 is 5.97 Å². The van der Waals surface area contributed by atoms with Crippen LogP contribution in [-0.2, 0) is 17.8 Å². The Labute approximate surface area is 125 Å². The summed E-state index contributed by atoms with van der Waals surface area (Å²) in [5, 5.41) is 8.87. The van der Waals surface area contributed by atoms with Gasteiger partial charge in [-0.15, -0.1) is 0 Å². The van der Waals surface area contributed by atoms with Crippen LogP contribution in [0.15, 0.2) is 42.5 Å². The van der Waals surface area contributed by atoms with E-state index >= 15 is 0 Å². The monoisotopic (exact) mass is 284 g/mol. The van der Waals surface area contributed by atoms with Gasteiger partial charge in [0.25, 0.3) is 0 Å². The van der Waals surface area contributed by atoms with Crippen molar-refractivity contribution in [3.8, 4) is 0 Å². The van der Waals surface area contributed by atoms with Gasteiger partial charge in [-0.1, -0.05) is 42.0 Å². The van der Waals surface area contributed by atoms with E-state index in [0.717, 1.165) is 22.3 Å². The second-order valence-corrected chi connectivity index (χ2v) is 5.18. The first kappa shape index (κ1) is 15.3. The SMILES string of the molecule is Cc1ccc(C(=O)OCc2ccc(CCO)cc2)c(C)c1. The fourth-order valence-electron chi connectivity index (χ4n) is 2.20. The molecule has 0 saturated heterocycles. The van der Waals surface area contributed by atoms with Crippen molar-refractivity contribution in [1.82, 2.24) is 0 Å². The number of carbonyl (C=O) groups is 1. The lowest BCUT2D eigenvalue weighted by molar-refractivity contribution is 0.0472. The van der Waals surface area contributed by atoms with Crippen LogP contribution in [0.2, 0.25) is 0 Å². The highest BCUT2D eigenvalue weighted by atomic mass is 16.5. The Morgan fingerprint density at radius 1 is 1.05 bits per heavy atom. The molecule has 21 heavy (non-hydrogen) atoms. The summed E-state index contributed by atoms with van der Waals surface area (Å²) < 4.78 is 5.35. The number of rotatable bonds is 5. The maximum Gasteiger partial charge on any atom is 0.338 e. The molecule has 110 valence electrons. The minimum Gasteiger partial charge on any atom is -0.457 e. The lowest BCUT2D eigenvalue weighted by atomic mass is 10.1. The van der Waals surface area contributed by atoms with Crippen molar-refractivity contribution in [2.75, 3.05) is 6.61 Å². The molecule has 0 aromatic heterocycles. The molecule has 0 aliphatic carbocycles. The molecule has 0 bridgehead atoms.